The molecule has 4 rings (SSSR count). The number of aromatic amines is 1. The van der Waals surface area contributed by atoms with Crippen molar-refractivity contribution in [3.63, 3.8) is 0 Å². The number of nitrogens with zero attached hydrogens (tertiary/aromatic N) is 2. The smallest absolute Gasteiger partial charge is 0.335 e. The molecule has 1 aromatic heterocycles. The summed E-state index contributed by atoms with van der Waals surface area (Å²) >= 11 is 0. The van der Waals surface area contributed by atoms with E-state index in [4.69, 9.17) is 5.11 Å². The number of piperidine rings is 1. The molecule has 2 heterocycles. The van der Waals surface area contributed by atoms with Gasteiger partial charge in [0.2, 0.25) is 0 Å². The van der Waals surface area contributed by atoms with Crippen LogP contribution in [0.2, 0.25) is 0 Å². The summed E-state index contributed by atoms with van der Waals surface area (Å²) in [5, 5.41) is 16.3. The van der Waals surface area contributed by atoms with E-state index in [9.17, 15) is 9.59 Å². The standard InChI is InChI=1S/C19H21N3O3/c23-18(17-15-4-1-5-16(15)20-21-17)22-10-2-3-14(11-22)12-6-8-13(9-7-12)19(24)25/h6-9,14H,1-5,10-11H2,(H,20,21)(H,24,25). The molecule has 25 heavy (non-hydrogen) atoms. The summed E-state index contributed by atoms with van der Waals surface area (Å²) in [6.45, 7) is 1.41. The van der Waals surface area contributed by atoms with Gasteiger partial charge in [-0.1, -0.05) is 12.1 Å². The fourth-order valence-corrected chi connectivity index (χ4v) is 3.98. The van der Waals surface area contributed by atoms with E-state index in [-0.39, 0.29) is 11.8 Å². The van der Waals surface area contributed by atoms with E-state index in [0.717, 1.165) is 55.5 Å². The van der Waals surface area contributed by atoms with Crippen LogP contribution in [-0.2, 0) is 12.8 Å². The van der Waals surface area contributed by atoms with Crippen molar-refractivity contribution in [3.8, 4) is 0 Å². The fraction of sp³-hybridized carbons (Fsp3) is 0.421. The number of aromatic nitrogens is 2. The van der Waals surface area contributed by atoms with E-state index in [1.807, 2.05) is 17.0 Å². The molecule has 130 valence electrons. The maximum atomic E-state index is 12.9. The Kier molecular flexibility index (Phi) is 4.03. The first-order valence-corrected chi connectivity index (χ1v) is 8.82. The van der Waals surface area contributed by atoms with Crippen LogP contribution >= 0.6 is 0 Å². The molecule has 0 saturated carbocycles. The van der Waals surface area contributed by atoms with E-state index < -0.39 is 5.97 Å². The van der Waals surface area contributed by atoms with Crippen LogP contribution in [0.5, 0.6) is 0 Å². The molecule has 1 unspecified atom stereocenters. The summed E-state index contributed by atoms with van der Waals surface area (Å²) in [5.41, 5.74) is 4.18. The van der Waals surface area contributed by atoms with Crippen molar-refractivity contribution in [1.82, 2.24) is 15.1 Å². The number of aromatic carboxylic acids is 1. The highest BCUT2D eigenvalue weighted by molar-refractivity contribution is 5.94. The van der Waals surface area contributed by atoms with E-state index in [1.54, 1.807) is 12.1 Å². The van der Waals surface area contributed by atoms with Gasteiger partial charge in [0.15, 0.2) is 5.69 Å². The average Bonchev–Trinajstić information content (AvgIpc) is 3.25. The van der Waals surface area contributed by atoms with Crippen molar-refractivity contribution in [3.05, 3.63) is 52.3 Å². The molecule has 2 N–H and O–H groups in total. The number of hydrogen-bond acceptors (Lipinski definition) is 3. The lowest BCUT2D eigenvalue weighted by Crippen LogP contribution is -2.39. The highest BCUT2D eigenvalue weighted by Gasteiger charge is 2.30. The molecule has 0 bridgehead atoms. The Bertz CT molecular complexity index is 810. The van der Waals surface area contributed by atoms with Gasteiger partial charge in [-0.2, -0.15) is 5.10 Å². The zero-order valence-corrected chi connectivity index (χ0v) is 14.0. The molecule has 1 amide bonds. The third kappa shape index (κ3) is 2.92. The number of carbonyl (C=O) groups excluding carboxylic acids is 1. The second kappa shape index (κ2) is 6.35. The van der Waals surface area contributed by atoms with E-state index in [0.29, 0.717) is 17.8 Å². The van der Waals surface area contributed by atoms with Crippen LogP contribution < -0.4 is 0 Å². The van der Waals surface area contributed by atoms with Crippen molar-refractivity contribution in [2.24, 2.45) is 0 Å². The quantitative estimate of drug-likeness (QED) is 0.900. The highest BCUT2D eigenvalue weighted by Crippen LogP contribution is 2.29. The largest absolute Gasteiger partial charge is 0.478 e. The first-order valence-electron chi connectivity index (χ1n) is 8.82. The molecule has 1 saturated heterocycles. The Hall–Kier alpha value is -2.63. The number of carboxylic acid groups (broad SMARTS) is 1. The fourth-order valence-electron chi connectivity index (χ4n) is 3.98. The van der Waals surface area contributed by atoms with Crippen molar-refractivity contribution in [1.29, 1.82) is 0 Å². The molecule has 1 aliphatic heterocycles. The maximum absolute atomic E-state index is 12.9. The molecule has 6 nitrogen and oxygen atoms in total. The number of carbonyl (C=O) groups is 2. The molecule has 6 heteroatoms. The number of carboxylic acids is 1. The molecule has 2 aromatic rings. The van der Waals surface area contributed by atoms with Crippen molar-refractivity contribution < 1.29 is 14.7 Å². The van der Waals surface area contributed by atoms with Gasteiger partial charge in [0.25, 0.3) is 5.91 Å². The normalized spacial score (nSPS) is 19.7. The lowest BCUT2D eigenvalue weighted by atomic mass is 9.90. The molecule has 1 atom stereocenters. The number of rotatable bonds is 3. The topological polar surface area (TPSA) is 86.3 Å². The number of H-pyrrole nitrogens is 1. The van der Waals surface area contributed by atoms with Gasteiger partial charge in [-0.15, -0.1) is 0 Å². The van der Waals surface area contributed by atoms with Gasteiger partial charge in [0.1, 0.15) is 0 Å². The van der Waals surface area contributed by atoms with Gasteiger partial charge < -0.3 is 10.0 Å². The van der Waals surface area contributed by atoms with Gasteiger partial charge >= 0.3 is 5.97 Å². The number of fused-ring (bicyclic) bond motifs is 1. The number of amides is 1. The second-order valence-electron chi connectivity index (χ2n) is 6.90. The molecule has 0 radical (unpaired) electrons. The SMILES string of the molecule is O=C(O)c1ccc(C2CCCN(C(=O)c3n[nH]c4c3CCC4)C2)cc1. The number of aryl methyl sites for hydroxylation is 1. The number of hydrogen-bond donors (Lipinski definition) is 2. The van der Waals surface area contributed by atoms with Crippen LogP contribution in [0.15, 0.2) is 24.3 Å². The van der Waals surface area contributed by atoms with E-state index in [1.165, 1.54) is 0 Å². The molecule has 1 aromatic carbocycles. The summed E-state index contributed by atoms with van der Waals surface area (Å²) in [4.78, 5) is 25.8. The Morgan fingerprint density at radius 3 is 2.72 bits per heavy atom. The summed E-state index contributed by atoms with van der Waals surface area (Å²) in [6.07, 6.45) is 4.95. The first kappa shape index (κ1) is 15.9. The lowest BCUT2D eigenvalue weighted by Gasteiger charge is -2.32. The van der Waals surface area contributed by atoms with Crippen molar-refractivity contribution >= 4 is 11.9 Å². The van der Waals surface area contributed by atoms with Crippen LogP contribution in [0, 0.1) is 0 Å². The summed E-state index contributed by atoms with van der Waals surface area (Å²) < 4.78 is 0. The summed E-state index contributed by atoms with van der Waals surface area (Å²) in [6, 6.07) is 7.01. The van der Waals surface area contributed by atoms with Crippen LogP contribution in [0.1, 0.15) is 62.8 Å². The van der Waals surface area contributed by atoms with Gasteiger partial charge in [-0.05, 0) is 49.8 Å². The summed E-state index contributed by atoms with van der Waals surface area (Å²) in [7, 11) is 0. The maximum Gasteiger partial charge on any atom is 0.335 e. The molecular weight excluding hydrogens is 318 g/mol. The minimum Gasteiger partial charge on any atom is -0.478 e. The van der Waals surface area contributed by atoms with Crippen molar-refractivity contribution in [2.45, 2.75) is 38.0 Å². The Morgan fingerprint density at radius 1 is 1.16 bits per heavy atom. The predicted octanol–water partition coefficient (Wildman–Crippen LogP) is 2.62. The zero-order valence-electron chi connectivity index (χ0n) is 14.0. The van der Waals surface area contributed by atoms with Gasteiger partial charge in [-0.3, -0.25) is 9.89 Å². The van der Waals surface area contributed by atoms with Gasteiger partial charge in [0.05, 0.1) is 5.56 Å². The Morgan fingerprint density at radius 2 is 1.96 bits per heavy atom. The monoisotopic (exact) mass is 339 g/mol. The molecule has 2 aliphatic rings. The van der Waals surface area contributed by atoms with Crippen molar-refractivity contribution in [2.75, 3.05) is 13.1 Å². The van der Waals surface area contributed by atoms with Gasteiger partial charge in [-0.25, -0.2) is 4.79 Å². The minimum absolute atomic E-state index is 0.0197. The lowest BCUT2D eigenvalue weighted by molar-refractivity contribution is 0.0691. The third-order valence-electron chi connectivity index (χ3n) is 5.35. The van der Waals surface area contributed by atoms with Crippen LogP contribution in [0.3, 0.4) is 0 Å². The highest BCUT2D eigenvalue weighted by atomic mass is 16.4. The molecule has 1 fully saturated rings. The average molecular weight is 339 g/mol. The van der Waals surface area contributed by atoms with Gasteiger partial charge in [0, 0.05) is 30.3 Å². The summed E-state index contributed by atoms with van der Waals surface area (Å²) in [5.74, 6) is -0.654. The third-order valence-corrected chi connectivity index (χ3v) is 5.35. The Balaban J connectivity index is 1.50. The molecular formula is C19H21N3O3. The minimum atomic E-state index is -0.917. The first-order chi connectivity index (χ1) is 12.1. The number of nitrogens with one attached hydrogen (secondary N) is 1. The number of benzene rings is 1. The zero-order chi connectivity index (χ0) is 17.4. The van der Waals surface area contributed by atoms with Crippen LogP contribution in [0.25, 0.3) is 0 Å². The van der Waals surface area contributed by atoms with E-state index >= 15 is 0 Å². The Labute approximate surface area is 145 Å². The molecule has 1 aliphatic carbocycles. The van der Waals surface area contributed by atoms with E-state index in [2.05, 4.69) is 10.2 Å². The van der Waals surface area contributed by atoms with Crippen LogP contribution in [0.4, 0.5) is 0 Å². The predicted molar refractivity (Wildman–Crippen MR) is 91.9 cm³/mol. The number of likely N-dealkylation sites (tertiary alicyclic amines) is 1. The van der Waals surface area contributed by atoms with Crippen LogP contribution in [-0.4, -0.2) is 45.2 Å². The second-order valence-corrected chi connectivity index (χ2v) is 6.90. The molecule has 0 spiro atoms.